The highest BCUT2D eigenvalue weighted by atomic mass is 32.2. The van der Waals surface area contributed by atoms with Gasteiger partial charge in [-0.25, -0.2) is 8.42 Å². The molecule has 0 N–H and O–H groups in total. The van der Waals surface area contributed by atoms with E-state index in [4.69, 9.17) is 4.74 Å². The van der Waals surface area contributed by atoms with Crippen molar-refractivity contribution in [2.24, 2.45) is 0 Å². The number of piperazine rings is 1. The zero-order valence-electron chi connectivity index (χ0n) is 10.1. The molecule has 0 saturated carbocycles. The van der Waals surface area contributed by atoms with Crippen molar-refractivity contribution >= 4 is 10.0 Å². The van der Waals surface area contributed by atoms with Crippen LogP contribution in [0.3, 0.4) is 0 Å². The molecule has 0 radical (unpaired) electrons. The summed E-state index contributed by atoms with van der Waals surface area (Å²) in [5.41, 5.74) is 0. The Morgan fingerprint density at radius 3 is 2.06 bits per heavy atom. The Bertz CT molecular complexity index is 341. The van der Waals surface area contributed by atoms with Gasteiger partial charge in [0.05, 0.1) is 19.5 Å². The minimum absolute atomic E-state index is 0.210. The number of morpholine rings is 1. The van der Waals surface area contributed by atoms with Crippen molar-refractivity contribution in [3.05, 3.63) is 0 Å². The smallest absolute Gasteiger partial charge is 0.211 e. The molecule has 94 valence electrons. The standard InChI is InChI=1S/C10H20N2O3S/c1-8(2)12-9-4-11(16(3,13)14)5-10(12)7-15-6-9/h8-10H,4-7H2,1-3H3. The van der Waals surface area contributed by atoms with E-state index in [2.05, 4.69) is 18.7 Å². The highest BCUT2D eigenvalue weighted by molar-refractivity contribution is 7.88. The highest BCUT2D eigenvalue weighted by Gasteiger charge is 2.41. The molecule has 2 rings (SSSR count). The fraction of sp³-hybridized carbons (Fsp3) is 1.00. The Kier molecular flexibility index (Phi) is 3.27. The number of fused-ring (bicyclic) bond motifs is 2. The van der Waals surface area contributed by atoms with Gasteiger partial charge in [0.25, 0.3) is 0 Å². The summed E-state index contributed by atoms with van der Waals surface area (Å²) in [7, 11) is -3.07. The van der Waals surface area contributed by atoms with E-state index >= 15 is 0 Å². The van der Waals surface area contributed by atoms with Crippen molar-refractivity contribution in [1.29, 1.82) is 0 Å². The molecule has 2 aliphatic heterocycles. The van der Waals surface area contributed by atoms with Crippen molar-refractivity contribution < 1.29 is 13.2 Å². The second-order valence-electron chi connectivity index (χ2n) is 4.97. The Labute approximate surface area is 97.4 Å². The quantitative estimate of drug-likeness (QED) is 0.675. The zero-order valence-corrected chi connectivity index (χ0v) is 10.9. The third kappa shape index (κ3) is 2.25. The molecule has 16 heavy (non-hydrogen) atoms. The normalized spacial score (nSPS) is 33.2. The fourth-order valence-electron chi connectivity index (χ4n) is 2.76. The monoisotopic (exact) mass is 248 g/mol. The predicted octanol–water partition coefficient (Wildman–Crippen LogP) is -0.261. The van der Waals surface area contributed by atoms with Crippen LogP contribution in [0, 0.1) is 0 Å². The molecule has 6 heteroatoms. The van der Waals surface area contributed by atoms with Gasteiger partial charge >= 0.3 is 0 Å². The maximum absolute atomic E-state index is 11.6. The van der Waals surface area contributed by atoms with Crippen LogP contribution in [0.2, 0.25) is 0 Å². The minimum atomic E-state index is -3.07. The van der Waals surface area contributed by atoms with Crippen molar-refractivity contribution in [2.75, 3.05) is 32.6 Å². The summed E-state index contributed by atoms with van der Waals surface area (Å²) in [5, 5.41) is 0. The number of rotatable bonds is 2. The molecular formula is C10H20N2O3S. The summed E-state index contributed by atoms with van der Waals surface area (Å²) in [6.45, 7) is 6.71. The van der Waals surface area contributed by atoms with Gasteiger partial charge in [-0.05, 0) is 13.8 Å². The molecule has 0 aromatic rings. The molecule has 2 fully saturated rings. The summed E-state index contributed by atoms with van der Waals surface area (Å²) in [6.07, 6.45) is 1.29. The van der Waals surface area contributed by atoms with Gasteiger partial charge in [-0.3, -0.25) is 4.90 Å². The average Bonchev–Trinajstić information content (AvgIpc) is 2.13. The molecule has 2 heterocycles. The third-order valence-electron chi connectivity index (χ3n) is 3.36. The maximum Gasteiger partial charge on any atom is 0.211 e. The van der Waals surface area contributed by atoms with E-state index in [0.29, 0.717) is 32.3 Å². The number of ether oxygens (including phenoxy) is 1. The number of nitrogens with zero attached hydrogens (tertiary/aromatic N) is 2. The van der Waals surface area contributed by atoms with E-state index in [-0.39, 0.29) is 12.1 Å². The molecule has 2 atom stereocenters. The predicted molar refractivity (Wildman–Crippen MR) is 61.8 cm³/mol. The molecule has 0 spiro atoms. The lowest BCUT2D eigenvalue weighted by molar-refractivity contribution is -0.0950. The van der Waals surface area contributed by atoms with Gasteiger partial charge in [-0.2, -0.15) is 4.31 Å². The summed E-state index contributed by atoms with van der Waals surface area (Å²) >= 11 is 0. The van der Waals surface area contributed by atoms with Crippen LogP contribution in [-0.2, 0) is 14.8 Å². The Balaban J connectivity index is 2.18. The van der Waals surface area contributed by atoms with E-state index in [9.17, 15) is 8.42 Å². The van der Waals surface area contributed by atoms with Crippen LogP contribution in [0.5, 0.6) is 0 Å². The minimum Gasteiger partial charge on any atom is -0.378 e. The average molecular weight is 248 g/mol. The summed E-state index contributed by atoms with van der Waals surface area (Å²) < 4.78 is 30.2. The molecule has 5 nitrogen and oxygen atoms in total. The topological polar surface area (TPSA) is 49.9 Å². The Morgan fingerprint density at radius 1 is 1.19 bits per heavy atom. The highest BCUT2D eigenvalue weighted by Crippen LogP contribution is 2.24. The molecule has 2 bridgehead atoms. The van der Waals surface area contributed by atoms with Gasteiger partial charge in [-0.1, -0.05) is 0 Å². The van der Waals surface area contributed by atoms with Gasteiger partial charge in [0.15, 0.2) is 0 Å². The molecule has 2 aliphatic rings. The number of hydrogen-bond acceptors (Lipinski definition) is 4. The molecule has 0 aliphatic carbocycles. The second kappa shape index (κ2) is 4.25. The molecule has 0 aromatic carbocycles. The number of hydrogen-bond donors (Lipinski definition) is 0. The summed E-state index contributed by atoms with van der Waals surface area (Å²) in [6, 6.07) is 0.866. The first-order valence-electron chi connectivity index (χ1n) is 5.70. The fourth-order valence-corrected chi connectivity index (χ4v) is 3.65. The van der Waals surface area contributed by atoms with Crippen LogP contribution < -0.4 is 0 Å². The van der Waals surface area contributed by atoms with Crippen molar-refractivity contribution in [2.45, 2.75) is 32.0 Å². The molecule has 2 unspecified atom stereocenters. The van der Waals surface area contributed by atoms with Crippen LogP contribution in [0.25, 0.3) is 0 Å². The van der Waals surface area contributed by atoms with Crippen LogP contribution in [0.4, 0.5) is 0 Å². The Morgan fingerprint density at radius 2 is 1.69 bits per heavy atom. The first kappa shape index (κ1) is 12.3. The van der Waals surface area contributed by atoms with Gasteiger partial charge < -0.3 is 4.74 Å². The lowest BCUT2D eigenvalue weighted by atomic mass is 10.0. The van der Waals surface area contributed by atoms with E-state index < -0.39 is 10.0 Å². The molecule has 2 saturated heterocycles. The first-order valence-corrected chi connectivity index (χ1v) is 7.54. The van der Waals surface area contributed by atoms with Crippen molar-refractivity contribution in [3.8, 4) is 0 Å². The van der Waals surface area contributed by atoms with Gasteiger partial charge in [-0.15, -0.1) is 0 Å². The van der Waals surface area contributed by atoms with Crippen molar-refractivity contribution in [3.63, 3.8) is 0 Å². The number of sulfonamides is 1. The van der Waals surface area contributed by atoms with Crippen LogP contribution in [0.1, 0.15) is 13.8 Å². The van der Waals surface area contributed by atoms with E-state index in [0.717, 1.165) is 0 Å². The third-order valence-corrected chi connectivity index (χ3v) is 4.59. The van der Waals surface area contributed by atoms with Gasteiger partial charge in [0.1, 0.15) is 0 Å². The lowest BCUT2D eigenvalue weighted by Crippen LogP contribution is -2.66. The van der Waals surface area contributed by atoms with Crippen molar-refractivity contribution in [1.82, 2.24) is 9.21 Å². The summed E-state index contributed by atoms with van der Waals surface area (Å²) in [5.74, 6) is 0. The molecule has 0 amide bonds. The lowest BCUT2D eigenvalue weighted by Gasteiger charge is -2.50. The van der Waals surface area contributed by atoms with Crippen LogP contribution >= 0.6 is 0 Å². The van der Waals surface area contributed by atoms with E-state index in [1.165, 1.54) is 6.26 Å². The van der Waals surface area contributed by atoms with E-state index in [1.807, 2.05) is 0 Å². The maximum atomic E-state index is 11.6. The second-order valence-corrected chi connectivity index (χ2v) is 6.95. The van der Waals surface area contributed by atoms with E-state index in [1.54, 1.807) is 4.31 Å². The van der Waals surface area contributed by atoms with Gasteiger partial charge in [0.2, 0.25) is 10.0 Å². The van der Waals surface area contributed by atoms with Gasteiger partial charge in [0, 0.05) is 31.2 Å². The van der Waals surface area contributed by atoms with Crippen LogP contribution in [-0.4, -0.2) is 68.3 Å². The Hall–Kier alpha value is -0.170. The van der Waals surface area contributed by atoms with Crippen LogP contribution in [0.15, 0.2) is 0 Å². The summed E-state index contributed by atoms with van der Waals surface area (Å²) in [4.78, 5) is 2.39. The molecular weight excluding hydrogens is 228 g/mol. The largest absolute Gasteiger partial charge is 0.378 e. The first-order chi connectivity index (χ1) is 7.39. The molecule has 0 aromatic heterocycles. The zero-order chi connectivity index (χ0) is 11.9. The SMILES string of the molecule is CC(C)N1C2COCC1CN(S(C)(=O)=O)C2.